The largest absolute Gasteiger partial charge is 0.322 e. The second-order valence-corrected chi connectivity index (χ2v) is 9.25. The van der Waals surface area contributed by atoms with Gasteiger partial charge in [-0.05, 0) is 55.5 Å². The number of halogens is 3. The topological polar surface area (TPSA) is 66.5 Å². The normalized spacial score (nSPS) is 11.2. The first kappa shape index (κ1) is 21.9. The SMILES string of the molecule is Cc1ccc(S(=O)(=O)N(CC(=O)Nc2ccc(F)cc2F)c2ccc(Br)cc2)cc1. The fraction of sp³-hybridized carbons (Fsp3) is 0.0952. The molecular formula is C21H17BrF2N2O3S. The molecule has 0 bridgehead atoms. The number of hydrogen-bond acceptors (Lipinski definition) is 3. The third-order valence-corrected chi connectivity index (χ3v) is 6.53. The highest BCUT2D eigenvalue weighted by atomic mass is 79.9. The molecule has 1 amide bonds. The van der Waals surface area contributed by atoms with Crippen LogP contribution in [0.1, 0.15) is 5.56 Å². The summed E-state index contributed by atoms with van der Waals surface area (Å²) < 4.78 is 55.1. The molecule has 3 aromatic carbocycles. The Labute approximate surface area is 181 Å². The van der Waals surface area contributed by atoms with Crippen LogP contribution in [0.15, 0.2) is 76.1 Å². The lowest BCUT2D eigenvalue weighted by molar-refractivity contribution is -0.114. The minimum absolute atomic E-state index is 0.0109. The zero-order valence-electron chi connectivity index (χ0n) is 15.8. The molecule has 3 rings (SSSR count). The predicted molar refractivity (Wildman–Crippen MR) is 115 cm³/mol. The number of aryl methyl sites for hydroxylation is 1. The third kappa shape index (κ3) is 5.03. The molecule has 30 heavy (non-hydrogen) atoms. The van der Waals surface area contributed by atoms with Gasteiger partial charge in [0.2, 0.25) is 5.91 Å². The second-order valence-electron chi connectivity index (χ2n) is 6.47. The van der Waals surface area contributed by atoms with Crippen LogP contribution in [0.3, 0.4) is 0 Å². The van der Waals surface area contributed by atoms with Gasteiger partial charge in [0.05, 0.1) is 16.3 Å². The lowest BCUT2D eigenvalue weighted by atomic mass is 10.2. The summed E-state index contributed by atoms with van der Waals surface area (Å²) in [6.07, 6.45) is 0. The molecule has 0 fully saturated rings. The lowest BCUT2D eigenvalue weighted by Gasteiger charge is -2.24. The lowest BCUT2D eigenvalue weighted by Crippen LogP contribution is -2.38. The molecule has 3 aromatic rings. The van der Waals surface area contributed by atoms with E-state index in [0.29, 0.717) is 6.07 Å². The molecule has 9 heteroatoms. The number of nitrogens with zero attached hydrogens (tertiary/aromatic N) is 1. The smallest absolute Gasteiger partial charge is 0.264 e. The first-order valence-corrected chi connectivity index (χ1v) is 11.0. The maximum Gasteiger partial charge on any atom is 0.264 e. The second kappa shape index (κ2) is 8.93. The van der Waals surface area contributed by atoms with Gasteiger partial charge in [0.15, 0.2) is 0 Å². The predicted octanol–water partition coefficient (Wildman–Crippen LogP) is 4.87. The minimum atomic E-state index is -4.08. The number of anilines is 2. The van der Waals surface area contributed by atoms with Crippen molar-refractivity contribution in [2.45, 2.75) is 11.8 Å². The average Bonchev–Trinajstić information content (AvgIpc) is 2.69. The van der Waals surface area contributed by atoms with Crippen molar-refractivity contribution in [2.75, 3.05) is 16.2 Å². The van der Waals surface area contributed by atoms with E-state index in [1.54, 1.807) is 36.4 Å². The van der Waals surface area contributed by atoms with Gasteiger partial charge in [-0.2, -0.15) is 0 Å². The highest BCUT2D eigenvalue weighted by molar-refractivity contribution is 9.10. The number of carbonyl (C=O) groups is 1. The summed E-state index contributed by atoms with van der Waals surface area (Å²) in [6, 6.07) is 15.3. The van der Waals surface area contributed by atoms with Crippen LogP contribution in [-0.2, 0) is 14.8 Å². The molecule has 0 aromatic heterocycles. The number of carbonyl (C=O) groups excluding carboxylic acids is 1. The van der Waals surface area contributed by atoms with E-state index < -0.39 is 34.1 Å². The Kier molecular flexibility index (Phi) is 6.52. The van der Waals surface area contributed by atoms with E-state index in [1.807, 2.05) is 6.92 Å². The molecular weight excluding hydrogens is 478 g/mol. The van der Waals surface area contributed by atoms with E-state index in [1.165, 1.54) is 12.1 Å². The van der Waals surface area contributed by atoms with E-state index in [0.717, 1.165) is 26.5 Å². The van der Waals surface area contributed by atoms with Gasteiger partial charge in [-0.25, -0.2) is 17.2 Å². The zero-order valence-corrected chi connectivity index (χ0v) is 18.2. The average molecular weight is 495 g/mol. The minimum Gasteiger partial charge on any atom is -0.322 e. The van der Waals surface area contributed by atoms with E-state index >= 15 is 0 Å². The van der Waals surface area contributed by atoms with Crippen LogP contribution in [0.4, 0.5) is 20.2 Å². The summed E-state index contributed by atoms with van der Waals surface area (Å²) in [5, 5.41) is 2.29. The van der Waals surface area contributed by atoms with Gasteiger partial charge in [0.1, 0.15) is 18.2 Å². The first-order chi connectivity index (χ1) is 14.2. The molecule has 1 N–H and O–H groups in total. The number of rotatable bonds is 6. The van der Waals surface area contributed by atoms with Gasteiger partial charge in [-0.3, -0.25) is 9.10 Å². The fourth-order valence-corrected chi connectivity index (χ4v) is 4.36. The monoisotopic (exact) mass is 494 g/mol. The summed E-state index contributed by atoms with van der Waals surface area (Å²) in [7, 11) is -4.08. The van der Waals surface area contributed by atoms with E-state index in [9.17, 15) is 22.0 Å². The summed E-state index contributed by atoms with van der Waals surface area (Å²) in [5.74, 6) is -2.53. The summed E-state index contributed by atoms with van der Waals surface area (Å²) in [4.78, 5) is 12.6. The summed E-state index contributed by atoms with van der Waals surface area (Å²) in [5.41, 5.74) is 0.895. The Morgan fingerprint density at radius 2 is 1.63 bits per heavy atom. The maximum absolute atomic E-state index is 13.9. The fourth-order valence-electron chi connectivity index (χ4n) is 2.67. The van der Waals surface area contributed by atoms with Crippen molar-refractivity contribution in [1.82, 2.24) is 0 Å². The Morgan fingerprint density at radius 1 is 1.00 bits per heavy atom. The first-order valence-electron chi connectivity index (χ1n) is 8.77. The Balaban J connectivity index is 1.94. The number of benzene rings is 3. The van der Waals surface area contributed by atoms with Crippen molar-refractivity contribution >= 4 is 43.2 Å². The van der Waals surface area contributed by atoms with Crippen LogP contribution >= 0.6 is 15.9 Å². The zero-order chi connectivity index (χ0) is 21.9. The maximum atomic E-state index is 13.9. The van der Waals surface area contributed by atoms with E-state index in [2.05, 4.69) is 21.2 Å². The molecule has 0 radical (unpaired) electrons. The van der Waals surface area contributed by atoms with Gasteiger partial charge in [-0.1, -0.05) is 33.6 Å². The van der Waals surface area contributed by atoms with Gasteiger partial charge in [0, 0.05) is 10.5 Å². The molecule has 0 spiro atoms. The summed E-state index contributed by atoms with van der Waals surface area (Å²) >= 11 is 3.29. The molecule has 0 aliphatic carbocycles. The number of amides is 1. The standard InChI is InChI=1S/C21H17BrF2N2O3S/c1-14-2-9-18(10-3-14)30(28,29)26(17-7-4-15(22)5-8-17)13-21(27)25-20-11-6-16(23)12-19(20)24/h2-12H,13H2,1H3,(H,25,27). The van der Waals surface area contributed by atoms with Gasteiger partial charge in [0.25, 0.3) is 10.0 Å². The number of hydrogen-bond donors (Lipinski definition) is 1. The molecule has 0 unspecified atom stereocenters. The summed E-state index contributed by atoms with van der Waals surface area (Å²) in [6.45, 7) is 1.22. The van der Waals surface area contributed by atoms with E-state index in [4.69, 9.17) is 0 Å². The van der Waals surface area contributed by atoms with Crippen molar-refractivity contribution in [1.29, 1.82) is 0 Å². The Bertz CT molecular complexity index is 1170. The Hall–Kier alpha value is -2.78. The molecule has 0 aliphatic rings. The van der Waals surface area contributed by atoms with Crippen LogP contribution < -0.4 is 9.62 Å². The molecule has 0 atom stereocenters. The van der Waals surface area contributed by atoms with Crippen molar-refractivity contribution in [3.8, 4) is 0 Å². The molecule has 0 saturated carbocycles. The van der Waals surface area contributed by atoms with E-state index in [-0.39, 0.29) is 16.3 Å². The third-order valence-electron chi connectivity index (χ3n) is 4.22. The molecule has 0 heterocycles. The molecule has 5 nitrogen and oxygen atoms in total. The molecule has 0 saturated heterocycles. The molecule has 0 aliphatic heterocycles. The van der Waals surface area contributed by atoms with Crippen molar-refractivity contribution in [3.05, 3.63) is 88.4 Å². The van der Waals surface area contributed by atoms with Gasteiger partial charge < -0.3 is 5.32 Å². The highest BCUT2D eigenvalue weighted by Crippen LogP contribution is 2.26. The van der Waals surface area contributed by atoms with Crippen LogP contribution in [0, 0.1) is 18.6 Å². The highest BCUT2D eigenvalue weighted by Gasteiger charge is 2.27. The van der Waals surface area contributed by atoms with Gasteiger partial charge in [-0.15, -0.1) is 0 Å². The quantitative estimate of drug-likeness (QED) is 0.531. The molecule has 156 valence electrons. The number of sulfonamides is 1. The van der Waals surface area contributed by atoms with Crippen LogP contribution in [0.25, 0.3) is 0 Å². The number of nitrogens with one attached hydrogen (secondary N) is 1. The van der Waals surface area contributed by atoms with Crippen LogP contribution in [-0.4, -0.2) is 20.9 Å². The van der Waals surface area contributed by atoms with Gasteiger partial charge >= 0.3 is 0 Å². The Morgan fingerprint density at radius 3 is 2.23 bits per heavy atom. The van der Waals surface area contributed by atoms with Crippen molar-refractivity contribution < 1.29 is 22.0 Å². The van der Waals surface area contributed by atoms with Crippen molar-refractivity contribution in [2.24, 2.45) is 0 Å². The van der Waals surface area contributed by atoms with Crippen LogP contribution in [0.5, 0.6) is 0 Å². The van der Waals surface area contributed by atoms with Crippen LogP contribution in [0.2, 0.25) is 0 Å². The van der Waals surface area contributed by atoms with Crippen molar-refractivity contribution in [3.63, 3.8) is 0 Å².